The second-order valence-corrected chi connectivity index (χ2v) is 4.31. The van der Waals surface area contributed by atoms with E-state index in [1.807, 2.05) is 38.1 Å². The predicted octanol–water partition coefficient (Wildman–Crippen LogP) is 1.78. The summed E-state index contributed by atoms with van der Waals surface area (Å²) in [6.07, 6.45) is 0.884. The van der Waals surface area contributed by atoms with E-state index in [9.17, 15) is 4.79 Å². The summed E-state index contributed by atoms with van der Waals surface area (Å²) in [4.78, 5) is 11.4. The van der Waals surface area contributed by atoms with Gasteiger partial charge >= 0.3 is 0 Å². The molecule has 0 unspecified atom stereocenters. The van der Waals surface area contributed by atoms with Crippen molar-refractivity contribution < 1.29 is 14.3 Å². The molecule has 0 heterocycles. The second kappa shape index (κ2) is 7.71. The Balaban J connectivity index is 2.22. The lowest BCUT2D eigenvalue weighted by atomic mass is 10.1. The fourth-order valence-electron chi connectivity index (χ4n) is 1.43. The summed E-state index contributed by atoms with van der Waals surface area (Å²) in [5.41, 5.74) is 1.17. The van der Waals surface area contributed by atoms with Crippen LogP contribution >= 0.6 is 0 Å². The highest BCUT2D eigenvalue weighted by Crippen LogP contribution is 2.11. The van der Waals surface area contributed by atoms with Crippen molar-refractivity contribution in [2.24, 2.45) is 0 Å². The summed E-state index contributed by atoms with van der Waals surface area (Å²) < 4.78 is 10.3. The Morgan fingerprint density at radius 2 is 1.94 bits per heavy atom. The van der Waals surface area contributed by atoms with E-state index in [0.29, 0.717) is 6.54 Å². The van der Waals surface area contributed by atoms with Gasteiger partial charge in [-0.25, -0.2) is 0 Å². The standard InChI is InChI=1S/C14H21NO3/c1-11(2)18-10-14(16)15-9-8-12-4-6-13(17-3)7-5-12/h4-7,11H,8-10H2,1-3H3,(H,15,16). The van der Waals surface area contributed by atoms with E-state index in [-0.39, 0.29) is 18.6 Å². The Bertz CT molecular complexity index is 360. The maximum Gasteiger partial charge on any atom is 0.246 e. The molecule has 1 N–H and O–H groups in total. The first-order valence-electron chi connectivity index (χ1n) is 6.13. The van der Waals surface area contributed by atoms with E-state index in [4.69, 9.17) is 9.47 Å². The minimum Gasteiger partial charge on any atom is -0.497 e. The first kappa shape index (κ1) is 14.5. The molecule has 1 rings (SSSR count). The monoisotopic (exact) mass is 251 g/mol. The summed E-state index contributed by atoms with van der Waals surface area (Å²) >= 11 is 0. The summed E-state index contributed by atoms with van der Waals surface area (Å²) in [6.45, 7) is 4.56. The van der Waals surface area contributed by atoms with E-state index in [1.165, 1.54) is 5.56 Å². The SMILES string of the molecule is COc1ccc(CCNC(=O)COC(C)C)cc1. The van der Waals surface area contributed by atoms with Gasteiger partial charge in [0.15, 0.2) is 0 Å². The third kappa shape index (κ3) is 5.68. The molecule has 0 saturated heterocycles. The van der Waals surface area contributed by atoms with Gasteiger partial charge in [-0.2, -0.15) is 0 Å². The van der Waals surface area contributed by atoms with E-state index >= 15 is 0 Å². The molecule has 18 heavy (non-hydrogen) atoms. The number of nitrogens with one attached hydrogen (secondary N) is 1. The molecule has 0 fully saturated rings. The zero-order chi connectivity index (χ0) is 13.4. The van der Waals surface area contributed by atoms with Gasteiger partial charge < -0.3 is 14.8 Å². The lowest BCUT2D eigenvalue weighted by Gasteiger charge is -2.08. The summed E-state index contributed by atoms with van der Waals surface area (Å²) in [5.74, 6) is 0.769. The average Bonchev–Trinajstić information content (AvgIpc) is 2.37. The van der Waals surface area contributed by atoms with Crippen molar-refractivity contribution in [3.63, 3.8) is 0 Å². The zero-order valence-corrected chi connectivity index (χ0v) is 11.2. The molecule has 0 saturated carbocycles. The Kier molecular flexibility index (Phi) is 6.22. The van der Waals surface area contributed by atoms with Crippen LogP contribution in [0.5, 0.6) is 5.75 Å². The number of methoxy groups -OCH3 is 1. The molecule has 1 aromatic carbocycles. The zero-order valence-electron chi connectivity index (χ0n) is 11.2. The van der Waals surface area contributed by atoms with Crippen molar-refractivity contribution in [2.75, 3.05) is 20.3 Å². The molecular formula is C14H21NO3. The van der Waals surface area contributed by atoms with Crippen LogP contribution in [0.15, 0.2) is 24.3 Å². The largest absolute Gasteiger partial charge is 0.497 e. The van der Waals surface area contributed by atoms with Crippen LogP contribution in [0.3, 0.4) is 0 Å². The third-order valence-electron chi connectivity index (χ3n) is 2.44. The number of rotatable bonds is 7. The molecule has 0 atom stereocenters. The molecule has 0 bridgehead atoms. The van der Waals surface area contributed by atoms with Crippen molar-refractivity contribution in [3.05, 3.63) is 29.8 Å². The van der Waals surface area contributed by atoms with Crippen LogP contribution in [0, 0.1) is 0 Å². The average molecular weight is 251 g/mol. The molecular weight excluding hydrogens is 230 g/mol. The fourth-order valence-corrected chi connectivity index (χ4v) is 1.43. The van der Waals surface area contributed by atoms with Crippen LogP contribution in [0.2, 0.25) is 0 Å². The normalized spacial score (nSPS) is 10.4. The van der Waals surface area contributed by atoms with E-state index in [1.54, 1.807) is 7.11 Å². The number of carbonyl (C=O) groups is 1. The molecule has 0 aliphatic rings. The minimum atomic E-state index is -0.0720. The van der Waals surface area contributed by atoms with Gasteiger partial charge in [0.25, 0.3) is 0 Å². The van der Waals surface area contributed by atoms with Crippen molar-refractivity contribution in [3.8, 4) is 5.75 Å². The van der Waals surface area contributed by atoms with Crippen molar-refractivity contribution in [1.82, 2.24) is 5.32 Å². The van der Waals surface area contributed by atoms with Crippen LogP contribution in [-0.2, 0) is 16.0 Å². The van der Waals surface area contributed by atoms with Crippen molar-refractivity contribution in [2.45, 2.75) is 26.4 Å². The third-order valence-corrected chi connectivity index (χ3v) is 2.44. The summed E-state index contributed by atoms with van der Waals surface area (Å²) in [7, 11) is 1.64. The second-order valence-electron chi connectivity index (χ2n) is 4.31. The highest BCUT2D eigenvalue weighted by molar-refractivity contribution is 5.77. The number of benzene rings is 1. The molecule has 1 aromatic rings. The molecule has 0 aliphatic heterocycles. The quantitative estimate of drug-likeness (QED) is 0.803. The van der Waals surface area contributed by atoms with E-state index in [0.717, 1.165) is 12.2 Å². The lowest BCUT2D eigenvalue weighted by Crippen LogP contribution is -2.30. The Hall–Kier alpha value is -1.55. The lowest BCUT2D eigenvalue weighted by molar-refractivity contribution is -0.127. The van der Waals surface area contributed by atoms with Gasteiger partial charge in [0.05, 0.1) is 13.2 Å². The van der Waals surface area contributed by atoms with E-state index < -0.39 is 0 Å². The number of hydrogen-bond donors (Lipinski definition) is 1. The van der Waals surface area contributed by atoms with Crippen LogP contribution in [-0.4, -0.2) is 32.3 Å². The molecule has 100 valence electrons. The van der Waals surface area contributed by atoms with Crippen molar-refractivity contribution >= 4 is 5.91 Å². The van der Waals surface area contributed by atoms with Gasteiger partial charge in [0.2, 0.25) is 5.91 Å². The van der Waals surface area contributed by atoms with Gasteiger partial charge in [0, 0.05) is 6.54 Å². The fraction of sp³-hybridized carbons (Fsp3) is 0.500. The highest BCUT2D eigenvalue weighted by atomic mass is 16.5. The number of amides is 1. The van der Waals surface area contributed by atoms with Gasteiger partial charge in [-0.05, 0) is 38.0 Å². The van der Waals surface area contributed by atoms with Crippen LogP contribution in [0.4, 0.5) is 0 Å². The minimum absolute atomic E-state index is 0.0720. The summed E-state index contributed by atoms with van der Waals surface area (Å²) in [6, 6.07) is 7.82. The van der Waals surface area contributed by atoms with Gasteiger partial charge in [-0.3, -0.25) is 4.79 Å². The van der Waals surface area contributed by atoms with Gasteiger partial charge in [0.1, 0.15) is 12.4 Å². The maximum atomic E-state index is 11.4. The molecule has 0 aromatic heterocycles. The summed E-state index contributed by atoms with van der Waals surface area (Å²) in [5, 5.41) is 2.82. The number of ether oxygens (including phenoxy) is 2. The van der Waals surface area contributed by atoms with Crippen LogP contribution in [0.25, 0.3) is 0 Å². The molecule has 0 aliphatic carbocycles. The molecule has 4 nitrogen and oxygen atoms in total. The van der Waals surface area contributed by atoms with E-state index in [2.05, 4.69) is 5.32 Å². The van der Waals surface area contributed by atoms with Crippen LogP contribution < -0.4 is 10.1 Å². The first-order valence-corrected chi connectivity index (χ1v) is 6.13. The Morgan fingerprint density at radius 1 is 1.28 bits per heavy atom. The molecule has 0 spiro atoms. The molecule has 0 radical (unpaired) electrons. The number of hydrogen-bond acceptors (Lipinski definition) is 3. The molecule has 1 amide bonds. The maximum absolute atomic E-state index is 11.4. The van der Waals surface area contributed by atoms with Crippen molar-refractivity contribution in [1.29, 1.82) is 0 Å². The first-order chi connectivity index (χ1) is 8.61. The Morgan fingerprint density at radius 3 is 2.50 bits per heavy atom. The van der Waals surface area contributed by atoms with Gasteiger partial charge in [-0.1, -0.05) is 12.1 Å². The topological polar surface area (TPSA) is 47.6 Å². The van der Waals surface area contributed by atoms with Crippen LogP contribution in [0.1, 0.15) is 19.4 Å². The van der Waals surface area contributed by atoms with Gasteiger partial charge in [-0.15, -0.1) is 0 Å². The number of carbonyl (C=O) groups excluding carboxylic acids is 1. The smallest absolute Gasteiger partial charge is 0.246 e. The predicted molar refractivity (Wildman–Crippen MR) is 70.8 cm³/mol. The Labute approximate surface area is 108 Å². The highest BCUT2D eigenvalue weighted by Gasteiger charge is 2.02. The molecule has 4 heteroatoms.